The van der Waals surface area contributed by atoms with E-state index in [2.05, 4.69) is 10.4 Å². The molecule has 4 rings (SSSR count). The number of amides is 1. The Morgan fingerprint density at radius 2 is 2.00 bits per heavy atom. The van der Waals surface area contributed by atoms with Gasteiger partial charge in [-0.05, 0) is 30.3 Å². The summed E-state index contributed by atoms with van der Waals surface area (Å²) in [6.45, 7) is -0.170. The van der Waals surface area contributed by atoms with Gasteiger partial charge >= 0.3 is 0 Å². The van der Waals surface area contributed by atoms with Gasteiger partial charge in [-0.15, -0.1) is 0 Å². The third-order valence-corrected chi connectivity index (χ3v) is 4.26. The number of hydrogen-bond acceptors (Lipinski definition) is 6. The van der Waals surface area contributed by atoms with E-state index in [1.807, 2.05) is 0 Å². The minimum atomic E-state index is -0.456. The number of fused-ring (bicyclic) bond motifs is 1. The first-order chi connectivity index (χ1) is 14.0. The highest BCUT2D eigenvalue weighted by molar-refractivity contribution is 5.90. The predicted molar refractivity (Wildman–Crippen MR) is 102 cm³/mol. The first kappa shape index (κ1) is 18.5. The molecule has 0 fully saturated rings. The minimum Gasteiger partial charge on any atom is -0.496 e. The van der Waals surface area contributed by atoms with Gasteiger partial charge in [-0.1, -0.05) is 0 Å². The predicted octanol–water partition coefficient (Wildman–Crippen LogP) is 2.43. The maximum Gasteiger partial charge on any atom is 0.267 e. The molecule has 0 saturated carbocycles. The van der Waals surface area contributed by atoms with E-state index < -0.39 is 17.3 Å². The summed E-state index contributed by atoms with van der Waals surface area (Å²) >= 11 is 0. The van der Waals surface area contributed by atoms with Crippen molar-refractivity contribution in [3.63, 3.8) is 0 Å². The van der Waals surface area contributed by atoms with Crippen molar-refractivity contribution in [2.45, 2.75) is 6.54 Å². The molecule has 1 aromatic heterocycles. The van der Waals surface area contributed by atoms with Crippen LogP contribution in [0.1, 0.15) is 0 Å². The fourth-order valence-electron chi connectivity index (χ4n) is 2.89. The highest BCUT2D eigenvalue weighted by Crippen LogP contribution is 2.34. The van der Waals surface area contributed by atoms with E-state index in [0.717, 1.165) is 4.68 Å². The summed E-state index contributed by atoms with van der Waals surface area (Å²) in [5.41, 5.74) is 0.926. The van der Waals surface area contributed by atoms with Crippen LogP contribution in [0.5, 0.6) is 17.2 Å². The van der Waals surface area contributed by atoms with Crippen LogP contribution in [0.2, 0.25) is 0 Å². The Bertz CT molecular complexity index is 1150. The summed E-state index contributed by atoms with van der Waals surface area (Å²) < 4.78 is 30.1. The summed E-state index contributed by atoms with van der Waals surface area (Å²) in [4.78, 5) is 24.5. The second kappa shape index (κ2) is 7.63. The number of benzene rings is 2. The SMILES string of the molecule is COc1cc(F)ccc1-c1ccc(=O)n(CC(=O)Nc2ccc3c(c2)OCO3)n1. The molecule has 8 nitrogen and oxygen atoms in total. The maximum absolute atomic E-state index is 13.4. The molecule has 2 heterocycles. The zero-order valence-electron chi connectivity index (χ0n) is 15.3. The average molecular weight is 397 g/mol. The normalized spacial score (nSPS) is 11.9. The van der Waals surface area contributed by atoms with Crippen LogP contribution in [0.15, 0.2) is 53.3 Å². The number of carbonyl (C=O) groups is 1. The number of ether oxygens (including phenoxy) is 3. The molecule has 29 heavy (non-hydrogen) atoms. The molecule has 0 radical (unpaired) electrons. The summed E-state index contributed by atoms with van der Waals surface area (Å²) in [6.07, 6.45) is 0. The van der Waals surface area contributed by atoms with Crippen molar-refractivity contribution in [1.29, 1.82) is 0 Å². The Balaban J connectivity index is 1.55. The van der Waals surface area contributed by atoms with Gasteiger partial charge in [0.15, 0.2) is 11.5 Å². The minimum absolute atomic E-state index is 0.131. The van der Waals surface area contributed by atoms with Crippen LogP contribution in [0.4, 0.5) is 10.1 Å². The molecule has 2 aromatic carbocycles. The first-order valence-electron chi connectivity index (χ1n) is 8.65. The van der Waals surface area contributed by atoms with Crippen LogP contribution in [-0.2, 0) is 11.3 Å². The monoisotopic (exact) mass is 397 g/mol. The van der Waals surface area contributed by atoms with E-state index in [9.17, 15) is 14.0 Å². The summed E-state index contributed by atoms with van der Waals surface area (Å²) in [5, 5.41) is 6.90. The Morgan fingerprint density at radius 1 is 1.17 bits per heavy atom. The Morgan fingerprint density at radius 3 is 2.83 bits per heavy atom. The molecule has 0 atom stereocenters. The van der Waals surface area contributed by atoms with E-state index in [0.29, 0.717) is 28.4 Å². The highest BCUT2D eigenvalue weighted by atomic mass is 19.1. The number of anilines is 1. The van der Waals surface area contributed by atoms with Crippen LogP contribution in [0, 0.1) is 5.82 Å². The van der Waals surface area contributed by atoms with Crippen LogP contribution in [-0.4, -0.2) is 29.6 Å². The summed E-state index contributed by atoms with van der Waals surface area (Å²) in [5.74, 6) is 0.501. The van der Waals surface area contributed by atoms with E-state index in [-0.39, 0.29) is 19.1 Å². The fraction of sp³-hybridized carbons (Fsp3) is 0.150. The topological polar surface area (TPSA) is 91.7 Å². The van der Waals surface area contributed by atoms with Gasteiger partial charge in [-0.2, -0.15) is 5.10 Å². The van der Waals surface area contributed by atoms with Crippen LogP contribution < -0.4 is 25.1 Å². The van der Waals surface area contributed by atoms with Gasteiger partial charge in [-0.25, -0.2) is 9.07 Å². The van der Waals surface area contributed by atoms with Gasteiger partial charge in [0.2, 0.25) is 12.7 Å². The molecule has 1 aliphatic heterocycles. The molecule has 0 spiro atoms. The lowest BCUT2D eigenvalue weighted by Crippen LogP contribution is -2.29. The Hall–Kier alpha value is -3.88. The molecular weight excluding hydrogens is 381 g/mol. The quantitative estimate of drug-likeness (QED) is 0.711. The molecule has 1 amide bonds. The lowest BCUT2D eigenvalue weighted by molar-refractivity contribution is -0.117. The molecular formula is C20H16FN3O5. The van der Waals surface area contributed by atoms with Crippen molar-refractivity contribution in [2.75, 3.05) is 19.2 Å². The van der Waals surface area contributed by atoms with Crippen molar-refractivity contribution < 1.29 is 23.4 Å². The van der Waals surface area contributed by atoms with Gasteiger partial charge in [0.05, 0.1) is 12.8 Å². The number of rotatable bonds is 5. The summed E-state index contributed by atoms with van der Waals surface area (Å²) in [7, 11) is 1.41. The third kappa shape index (κ3) is 3.88. The molecule has 0 saturated heterocycles. The number of carbonyl (C=O) groups excluding carboxylic acids is 1. The number of halogens is 1. The fourth-order valence-corrected chi connectivity index (χ4v) is 2.89. The molecule has 9 heteroatoms. The largest absolute Gasteiger partial charge is 0.496 e. The third-order valence-electron chi connectivity index (χ3n) is 4.26. The highest BCUT2D eigenvalue weighted by Gasteiger charge is 2.15. The summed E-state index contributed by atoms with van der Waals surface area (Å²) in [6, 6.07) is 11.8. The molecule has 0 unspecified atom stereocenters. The van der Waals surface area contributed by atoms with Crippen LogP contribution >= 0.6 is 0 Å². The van der Waals surface area contributed by atoms with Gasteiger partial charge in [0.1, 0.15) is 18.1 Å². The number of nitrogens with zero attached hydrogens (tertiary/aromatic N) is 2. The van der Waals surface area contributed by atoms with Crippen LogP contribution in [0.3, 0.4) is 0 Å². The van der Waals surface area contributed by atoms with E-state index in [1.54, 1.807) is 18.2 Å². The number of aromatic nitrogens is 2. The van der Waals surface area contributed by atoms with Gasteiger partial charge < -0.3 is 19.5 Å². The average Bonchev–Trinajstić information content (AvgIpc) is 3.17. The van der Waals surface area contributed by atoms with E-state index in [1.165, 1.54) is 37.4 Å². The van der Waals surface area contributed by atoms with Crippen LogP contribution in [0.25, 0.3) is 11.3 Å². The van der Waals surface area contributed by atoms with Crippen molar-refractivity contribution >= 4 is 11.6 Å². The standard InChI is InChI=1S/C20H16FN3O5/c1-27-17-8-12(21)2-4-14(17)15-5-7-20(26)24(23-15)10-19(25)22-13-3-6-16-18(9-13)29-11-28-16/h2-9H,10-11H2,1H3,(H,22,25). The van der Waals surface area contributed by atoms with Crippen molar-refractivity contribution in [1.82, 2.24) is 9.78 Å². The molecule has 1 aliphatic rings. The lowest BCUT2D eigenvalue weighted by atomic mass is 10.1. The van der Waals surface area contributed by atoms with Crippen molar-refractivity contribution in [3.05, 3.63) is 64.7 Å². The number of hydrogen-bond donors (Lipinski definition) is 1. The molecule has 3 aromatic rings. The second-order valence-corrected chi connectivity index (χ2v) is 6.18. The zero-order chi connectivity index (χ0) is 20.4. The lowest BCUT2D eigenvalue weighted by Gasteiger charge is -2.11. The van der Waals surface area contributed by atoms with Gasteiger partial charge in [0.25, 0.3) is 5.56 Å². The molecule has 148 valence electrons. The zero-order valence-corrected chi connectivity index (χ0v) is 15.3. The van der Waals surface area contributed by atoms with Gasteiger partial charge in [-0.3, -0.25) is 9.59 Å². The van der Waals surface area contributed by atoms with Crippen molar-refractivity contribution in [3.8, 4) is 28.5 Å². The first-order valence-corrected chi connectivity index (χ1v) is 8.65. The smallest absolute Gasteiger partial charge is 0.267 e. The molecule has 0 bridgehead atoms. The second-order valence-electron chi connectivity index (χ2n) is 6.18. The Kier molecular flexibility index (Phi) is 4.86. The van der Waals surface area contributed by atoms with Crippen molar-refractivity contribution in [2.24, 2.45) is 0 Å². The number of nitrogens with one attached hydrogen (secondary N) is 1. The van der Waals surface area contributed by atoms with E-state index >= 15 is 0 Å². The Labute approximate surface area is 164 Å². The van der Waals surface area contributed by atoms with E-state index in [4.69, 9.17) is 14.2 Å². The maximum atomic E-state index is 13.4. The number of methoxy groups -OCH3 is 1. The molecule has 0 aliphatic carbocycles. The van der Waals surface area contributed by atoms with Gasteiger partial charge in [0, 0.05) is 29.4 Å². The molecule has 1 N–H and O–H groups in total.